The molecule has 1 unspecified atom stereocenters. The molecular weight excluding hydrogens is 366 g/mol. The van der Waals surface area contributed by atoms with Crippen molar-refractivity contribution in [2.45, 2.75) is 23.7 Å². The summed E-state index contributed by atoms with van der Waals surface area (Å²) < 4.78 is 10.7. The summed E-state index contributed by atoms with van der Waals surface area (Å²) in [6.45, 7) is 2.67. The predicted octanol–water partition coefficient (Wildman–Crippen LogP) is 4.59. The van der Waals surface area contributed by atoms with E-state index < -0.39 is 0 Å². The molecule has 1 heterocycles. The Morgan fingerprint density at radius 1 is 1.15 bits per heavy atom. The number of benzene rings is 2. The van der Waals surface area contributed by atoms with Crippen LogP contribution in [0.4, 0.5) is 0 Å². The molecule has 1 fully saturated rings. The van der Waals surface area contributed by atoms with Gasteiger partial charge in [-0.25, -0.2) is 0 Å². The van der Waals surface area contributed by atoms with Crippen LogP contribution >= 0.6 is 23.5 Å². The van der Waals surface area contributed by atoms with E-state index in [2.05, 4.69) is 31.2 Å². The van der Waals surface area contributed by atoms with Gasteiger partial charge < -0.3 is 14.4 Å². The highest BCUT2D eigenvalue weighted by Crippen LogP contribution is 2.41. The van der Waals surface area contributed by atoms with Crippen molar-refractivity contribution in [2.75, 3.05) is 25.7 Å². The molecule has 3 rings (SSSR count). The van der Waals surface area contributed by atoms with Gasteiger partial charge in [0, 0.05) is 16.5 Å². The summed E-state index contributed by atoms with van der Waals surface area (Å²) in [6.07, 6.45) is 0. The highest BCUT2D eigenvalue weighted by molar-refractivity contribution is 8.00. The average molecular weight is 390 g/mol. The number of hydrogen-bond donors (Lipinski definition) is 0. The van der Waals surface area contributed by atoms with Gasteiger partial charge >= 0.3 is 0 Å². The molecule has 0 bridgehead atoms. The molecule has 2 aromatic carbocycles. The fourth-order valence-corrected chi connectivity index (χ4v) is 4.81. The molecule has 1 atom stereocenters. The first kappa shape index (κ1) is 19.0. The molecule has 0 N–H and O–H groups in total. The van der Waals surface area contributed by atoms with Crippen molar-refractivity contribution in [3.05, 3.63) is 53.6 Å². The smallest absolute Gasteiger partial charge is 0.234 e. The number of carbonyl (C=O) groups excluding carboxylic acids is 1. The Morgan fingerprint density at radius 2 is 1.92 bits per heavy atom. The molecule has 4 nitrogen and oxygen atoms in total. The zero-order chi connectivity index (χ0) is 18.5. The molecule has 26 heavy (non-hydrogen) atoms. The van der Waals surface area contributed by atoms with Gasteiger partial charge in [0.05, 0.1) is 26.5 Å². The molecule has 0 aliphatic carbocycles. The molecule has 1 aliphatic rings. The number of amides is 1. The highest BCUT2D eigenvalue weighted by atomic mass is 32.2. The minimum Gasteiger partial charge on any atom is -0.497 e. The lowest BCUT2D eigenvalue weighted by molar-refractivity contribution is -0.128. The Morgan fingerprint density at radius 3 is 2.58 bits per heavy atom. The van der Waals surface area contributed by atoms with Crippen LogP contribution in [0.15, 0.2) is 47.4 Å². The van der Waals surface area contributed by atoms with Crippen molar-refractivity contribution in [1.29, 1.82) is 0 Å². The maximum absolute atomic E-state index is 12.5. The number of thioether (sulfide) groups is 2. The molecule has 6 heteroatoms. The Hall–Kier alpha value is -1.79. The van der Waals surface area contributed by atoms with Gasteiger partial charge in [0.1, 0.15) is 16.9 Å². The van der Waals surface area contributed by atoms with Gasteiger partial charge in [-0.15, -0.1) is 23.5 Å². The lowest BCUT2D eigenvalue weighted by atomic mass is 10.1. The van der Waals surface area contributed by atoms with Crippen molar-refractivity contribution >= 4 is 29.4 Å². The largest absolute Gasteiger partial charge is 0.497 e. The monoisotopic (exact) mass is 389 g/mol. The van der Waals surface area contributed by atoms with Crippen molar-refractivity contribution in [3.63, 3.8) is 0 Å². The number of carbonyl (C=O) groups is 1. The minimum atomic E-state index is 0.0370. The summed E-state index contributed by atoms with van der Waals surface area (Å²) in [5, 5.41) is 0.0370. The summed E-state index contributed by atoms with van der Waals surface area (Å²) in [5.74, 6) is 3.20. The molecule has 2 aromatic rings. The number of methoxy groups -OCH3 is 2. The van der Waals surface area contributed by atoms with Gasteiger partial charge in [-0.2, -0.15) is 0 Å². The lowest BCUT2D eigenvalue weighted by Gasteiger charge is -2.25. The molecule has 0 radical (unpaired) electrons. The maximum Gasteiger partial charge on any atom is 0.234 e. The van der Waals surface area contributed by atoms with E-state index >= 15 is 0 Å². The third kappa shape index (κ3) is 4.13. The van der Waals surface area contributed by atoms with Gasteiger partial charge in [0.25, 0.3) is 0 Å². The first-order valence-corrected chi connectivity index (χ1v) is 10.5. The van der Waals surface area contributed by atoms with Gasteiger partial charge in [0.2, 0.25) is 5.91 Å². The van der Waals surface area contributed by atoms with E-state index in [1.54, 1.807) is 26.0 Å². The molecule has 1 aliphatic heterocycles. The van der Waals surface area contributed by atoms with Crippen LogP contribution in [-0.4, -0.2) is 36.5 Å². The first-order valence-electron chi connectivity index (χ1n) is 8.51. The third-order valence-corrected chi connectivity index (χ3v) is 6.43. The predicted molar refractivity (Wildman–Crippen MR) is 108 cm³/mol. The van der Waals surface area contributed by atoms with E-state index in [4.69, 9.17) is 9.47 Å². The number of hydrogen-bond acceptors (Lipinski definition) is 5. The van der Waals surface area contributed by atoms with Gasteiger partial charge in [-0.1, -0.05) is 19.1 Å². The van der Waals surface area contributed by atoms with E-state index in [9.17, 15) is 4.79 Å². The maximum atomic E-state index is 12.5. The standard InChI is InChI=1S/C20H23NO3S2/c1-4-25-17-9-6-14(7-10-17)20-21(19(22)13-26-20)12-15-5-8-16(23-2)11-18(15)24-3/h5-11,20H,4,12-13H2,1-3H3. The van der Waals surface area contributed by atoms with E-state index in [1.807, 2.05) is 34.9 Å². The zero-order valence-corrected chi connectivity index (χ0v) is 16.9. The molecule has 0 aromatic heterocycles. The van der Waals surface area contributed by atoms with Crippen molar-refractivity contribution in [2.24, 2.45) is 0 Å². The zero-order valence-electron chi connectivity index (χ0n) is 15.2. The summed E-state index contributed by atoms with van der Waals surface area (Å²) in [5.41, 5.74) is 2.14. The van der Waals surface area contributed by atoms with Gasteiger partial charge in [0.15, 0.2) is 0 Å². The highest BCUT2D eigenvalue weighted by Gasteiger charge is 2.33. The van der Waals surface area contributed by atoms with Crippen molar-refractivity contribution < 1.29 is 14.3 Å². The van der Waals surface area contributed by atoms with Crippen LogP contribution < -0.4 is 9.47 Å². The summed E-state index contributed by atoms with van der Waals surface area (Å²) >= 11 is 3.50. The average Bonchev–Trinajstić information content (AvgIpc) is 3.03. The van der Waals surface area contributed by atoms with Gasteiger partial charge in [-0.3, -0.25) is 4.79 Å². The van der Waals surface area contributed by atoms with E-state index in [0.717, 1.165) is 28.4 Å². The van der Waals surface area contributed by atoms with E-state index in [1.165, 1.54) is 4.90 Å². The van der Waals surface area contributed by atoms with Crippen LogP contribution in [0.2, 0.25) is 0 Å². The van der Waals surface area contributed by atoms with Crippen LogP contribution in [-0.2, 0) is 11.3 Å². The number of nitrogens with zero attached hydrogens (tertiary/aromatic N) is 1. The van der Waals surface area contributed by atoms with Crippen LogP contribution in [0.3, 0.4) is 0 Å². The minimum absolute atomic E-state index is 0.0370. The SMILES string of the molecule is CCSc1ccc(C2SCC(=O)N2Cc2ccc(OC)cc2OC)cc1. The molecule has 0 saturated carbocycles. The lowest BCUT2D eigenvalue weighted by Crippen LogP contribution is -2.27. The van der Waals surface area contributed by atoms with E-state index in [0.29, 0.717) is 12.3 Å². The van der Waals surface area contributed by atoms with Crippen LogP contribution in [0.1, 0.15) is 23.4 Å². The second-order valence-corrected chi connectivity index (χ2v) is 8.27. The third-order valence-electron chi connectivity index (χ3n) is 4.28. The van der Waals surface area contributed by atoms with Crippen LogP contribution in [0, 0.1) is 0 Å². The Labute approximate surface area is 163 Å². The molecule has 1 amide bonds. The Bertz CT molecular complexity index is 764. The number of ether oxygens (including phenoxy) is 2. The fourth-order valence-electron chi connectivity index (χ4n) is 2.96. The van der Waals surface area contributed by atoms with Crippen LogP contribution in [0.25, 0.3) is 0 Å². The quantitative estimate of drug-likeness (QED) is 0.648. The Kier molecular flexibility index (Phi) is 6.38. The normalized spacial score (nSPS) is 16.8. The second kappa shape index (κ2) is 8.73. The van der Waals surface area contributed by atoms with Crippen LogP contribution in [0.5, 0.6) is 11.5 Å². The fraction of sp³-hybridized carbons (Fsp3) is 0.350. The summed E-state index contributed by atoms with van der Waals surface area (Å²) in [6, 6.07) is 14.3. The molecular formula is C20H23NO3S2. The molecule has 1 saturated heterocycles. The molecule has 138 valence electrons. The van der Waals surface area contributed by atoms with E-state index in [-0.39, 0.29) is 11.3 Å². The summed E-state index contributed by atoms with van der Waals surface area (Å²) in [7, 11) is 3.27. The second-order valence-electron chi connectivity index (χ2n) is 5.86. The number of rotatable bonds is 7. The topological polar surface area (TPSA) is 38.8 Å². The molecule has 0 spiro atoms. The van der Waals surface area contributed by atoms with Crippen molar-refractivity contribution in [3.8, 4) is 11.5 Å². The van der Waals surface area contributed by atoms with Crippen molar-refractivity contribution in [1.82, 2.24) is 4.90 Å². The first-order chi connectivity index (χ1) is 12.7. The Balaban J connectivity index is 1.82. The van der Waals surface area contributed by atoms with Gasteiger partial charge in [-0.05, 0) is 35.6 Å². The summed E-state index contributed by atoms with van der Waals surface area (Å²) in [4.78, 5) is 15.7.